The smallest absolute Gasteiger partial charge is 0.125 e. The number of benzene rings is 1. The lowest BCUT2D eigenvalue weighted by Gasteiger charge is -2.08. The van der Waals surface area contributed by atoms with Gasteiger partial charge in [-0.05, 0) is 25.1 Å². The van der Waals surface area contributed by atoms with E-state index in [-0.39, 0.29) is 5.82 Å². The van der Waals surface area contributed by atoms with Crippen molar-refractivity contribution < 1.29 is 4.39 Å². The zero-order valence-electron chi connectivity index (χ0n) is 11.6. The van der Waals surface area contributed by atoms with E-state index in [0.717, 1.165) is 28.2 Å². The molecule has 0 fully saturated rings. The second-order valence-electron chi connectivity index (χ2n) is 4.84. The molecule has 0 N–H and O–H groups in total. The van der Waals surface area contributed by atoms with E-state index < -0.39 is 0 Å². The molecule has 4 nitrogen and oxygen atoms in total. The normalized spacial score (nSPS) is 11.2. The number of alkyl halides is 1. The van der Waals surface area contributed by atoms with Gasteiger partial charge in [-0.15, -0.1) is 11.6 Å². The number of hydrogen-bond donors (Lipinski definition) is 0. The molecule has 108 valence electrons. The zero-order valence-corrected chi connectivity index (χ0v) is 12.3. The average molecular weight is 305 g/mol. The second-order valence-corrected chi connectivity index (χ2v) is 5.21. The summed E-state index contributed by atoms with van der Waals surface area (Å²) in [5.41, 5.74) is 3.18. The van der Waals surface area contributed by atoms with Crippen LogP contribution in [0.4, 0.5) is 4.39 Å². The Hall–Kier alpha value is -2.01. The lowest BCUT2D eigenvalue weighted by Crippen LogP contribution is -2.08. The van der Waals surface area contributed by atoms with Crippen molar-refractivity contribution in [1.29, 1.82) is 0 Å². The van der Waals surface area contributed by atoms with Gasteiger partial charge in [0.2, 0.25) is 0 Å². The van der Waals surface area contributed by atoms with Crippen LogP contribution in [0.5, 0.6) is 0 Å². The fourth-order valence-corrected chi connectivity index (χ4v) is 2.43. The molecule has 0 aliphatic carbocycles. The molecule has 3 rings (SSSR count). The molecule has 6 heteroatoms. The quantitative estimate of drug-likeness (QED) is 0.696. The first-order valence-corrected chi connectivity index (χ1v) is 7.19. The van der Waals surface area contributed by atoms with Crippen LogP contribution in [0.15, 0.2) is 30.6 Å². The van der Waals surface area contributed by atoms with Crippen molar-refractivity contribution in [3.63, 3.8) is 0 Å². The Kier molecular flexibility index (Phi) is 3.84. The molecule has 1 aromatic carbocycles. The van der Waals surface area contributed by atoms with E-state index in [9.17, 15) is 4.39 Å². The van der Waals surface area contributed by atoms with Crippen LogP contribution in [0.1, 0.15) is 17.2 Å². The Bertz CT molecular complexity index is 767. The Morgan fingerprint density at radius 1 is 1.24 bits per heavy atom. The highest BCUT2D eigenvalue weighted by Gasteiger charge is 2.12. The summed E-state index contributed by atoms with van der Waals surface area (Å²) in [4.78, 5) is 13.1. The first kappa shape index (κ1) is 13.9. The van der Waals surface area contributed by atoms with Crippen LogP contribution in [-0.4, -0.2) is 25.4 Å². The molecule has 0 amide bonds. The van der Waals surface area contributed by atoms with Crippen LogP contribution < -0.4 is 0 Å². The van der Waals surface area contributed by atoms with Crippen molar-refractivity contribution in [3.05, 3.63) is 53.6 Å². The fraction of sp³-hybridized carbons (Fsp3) is 0.267. The molecule has 0 spiro atoms. The summed E-state index contributed by atoms with van der Waals surface area (Å²) in [7, 11) is 0. The maximum atomic E-state index is 13.5. The van der Waals surface area contributed by atoms with E-state index in [4.69, 9.17) is 11.6 Å². The summed E-state index contributed by atoms with van der Waals surface area (Å²) in [6.07, 6.45) is 4.07. The van der Waals surface area contributed by atoms with Gasteiger partial charge in [0.25, 0.3) is 0 Å². The Labute approximate surface area is 126 Å². The molecule has 21 heavy (non-hydrogen) atoms. The van der Waals surface area contributed by atoms with Crippen LogP contribution in [0, 0.1) is 12.7 Å². The van der Waals surface area contributed by atoms with Gasteiger partial charge in [0.05, 0.1) is 35.2 Å². The number of hydrogen-bond acceptors (Lipinski definition) is 3. The summed E-state index contributed by atoms with van der Waals surface area (Å²) >= 11 is 5.84. The third kappa shape index (κ3) is 2.88. The first-order valence-electron chi connectivity index (χ1n) is 6.65. The summed E-state index contributed by atoms with van der Waals surface area (Å²) in [5, 5.41) is 0. The Morgan fingerprint density at radius 2 is 2.10 bits per heavy atom. The highest BCUT2D eigenvalue weighted by molar-refractivity contribution is 6.17. The van der Waals surface area contributed by atoms with E-state index in [0.29, 0.717) is 18.8 Å². The van der Waals surface area contributed by atoms with E-state index in [1.54, 1.807) is 18.5 Å². The highest BCUT2D eigenvalue weighted by Crippen LogP contribution is 2.19. The number of aromatic nitrogens is 4. The Morgan fingerprint density at radius 3 is 2.81 bits per heavy atom. The zero-order chi connectivity index (χ0) is 14.8. The SMILES string of the molecule is Cc1cnc(Cn2c(CCCl)nc3ccc(F)cc32)cn1. The summed E-state index contributed by atoms with van der Waals surface area (Å²) in [5.74, 6) is 1.01. The van der Waals surface area contributed by atoms with Crippen LogP contribution in [0.25, 0.3) is 11.0 Å². The van der Waals surface area contributed by atoms with Crippen LogP contribution in [0.2, 0.25) is 0 Å². The maximum absolute atomic E-state index is 13.5. The fourth-order valence-electron chi connectivity index (χ4n) is 2.26. The third-order valence-electron chi connectivity index (χ3n) is 3.26. The molecular formula is C15H14ClFN4. The number of imidazole rings is 1. The van der Waals surface area contributed by atoms with Crippen molar-refractivity contribution in [3.8, 4) is 0 Å². The molecule has 0 saturated heterocycles. The molecule has 0 bridgehead atoms. The van der Waals surface area contributed by atoms with E-state index >= 15 is 0 Å². The standard InChI is InChI=1S/C15H14ClFN4/c1-10-7-19-12(8-18-10)9-21-14-6-11(17)2-3-13(14)20-15(21)4-5-16/h2-3,6-8H,4-5,9H2,1H3. The summed E-state index contributed by atoms with van der Waals surface area (Å²) in [6.45, 7) is 2.39. The number of halogens is 2. The molecule has 0 aliphatic rings. The van der Waals surface area contributed by atoms with Gasteiger partial charge in [-0.25, -0.2) is 9.37 Å². The monoisotopic (exact) mass is 304 g/mol. The van der Waals surface area contributed by atoms with Gasteiger partial charge in [0.15, 0.2) is 0 Å². The Balaban J connectivity index is 2.07. The maximum Gasteiger partial charge on any atom is 0.125 e. The van der Waals surface area contributed by atoms with Crippen molar-refractivity contribution >= 4 is 22.6 Å². The van der Waals surface area contributed by atoms with Gasteiger partial charge >= 0.3 is 0 Å². The van der Waals surface area contributed by atoms with E-state index in [1.807, 2.05) is 11.5 Å². The van der Waals surface area contributed by atoms with Gasteiger partial charge in [0.1, 0.15) is 11.6 Å². The minimum Gasteiger partial charge on any atom is -0.322 e. The molecule has 3 aromatic rings. The summed E-state index contributed by atoms with van der Waals surface area (Å²) in [6, 6.07) is 4.58. The predicted molar refractivity (Wildman–Crippen MR) is 80.0 cm³/mol. The lowest BCUT2D eigenvalue weighted by molar-refractivity contribution is 0.628. The van der Waals surface area contributed by atoms with Gasteiger partial charge in [-0.1, -0.05) is 0 Å². The van der Waals surface area contributed by atoms with Crippen molar-refractivity contribution in [2.24, 2.45) is 0 Å². The van der Waals surface area contributed by atoms with Crippen LogP contribution in [0.3, 0.4) is 0 Å². The number of rotatable bonds is 4. The average Bonchev–Trinajstić information content (AvgIpc) is 2.79. The van der Waals surface area contributed by atoms with E-state index in [2.05, 4.69) is 15.0 Å². The summed E-state index contributed by atoms with van der Waals surface area (Å²) < 4.78 is 15.5. The molecule has 2 aromatic heterocycles. The largest absolute Gasteiger partial charge is 0.322 e. The molecule has 0 unspecified atom stereocenters. The van der Waals surface area contributed by atoms with Crippen LogP contribution >= 0.6 is 11.6 Å². The lowest BCUT2D eigenvalue weighted by atomic mass is 10.3. The molecule has 0 radical (unpaired) electrons. The van der Waals surface area contributed by atoms with Gasteiger partial charge in [-0.2, -0.15) is 0 Å². The molecule has 0 aliphatic heterocycles. The van der Waals surface area contributed by atoms with Crippen molar-refractivity contribution in [1.82, 2.24) is 19.5 Å². The molecule has 2 heterocycles. The van der Waals surface area contributed by atoms with Crippen LogP contribution in [-0.2, 0) is 13.0 Å². The molecular weight excluding hydrogens is 291 g/mol. The van der Waals surface area contributed by atoms with E-state index in [1.165, 1.54) is 12.1 Å². The van der Waals surface area contributed by atoms with Gasteiger partial charge in [-0.3, -0.25) is 9.97 Å². The predicted octanol–water partition coefficient (Wildman–Crippen LogP) is 3.10. The second kappa shape index (κ2) is 5.77. The minimum absolute atomic E-state index is 0.281. The number of nitrogens with zero attached hydrogens (tertiary/aromatic N) is 4. The van der Waals surface area contributed by atoms with Gasteiger partial charge < -0.3 is 4.57 Å². The minimum atomic E-state index is -0.281. The molecule has 0 saturated carbocycles. The highest BCUT2D eigenvalue weighted by atomic mass is 35.5. The first-order chi connectivity index (χ1) is 10.2. The number of aryl methyl sites for hydroxylation is 2. The topological polar surface area (TPSA) is 43.6 Å². The molecule has 0 atom stereocenters. The number of fused-ring (bicyclic) bond motifs is 1. The van der Waals surface area contributed by atoms with Gasteiger partial charge in [0, 0.05) is 18.5 Å². The van der Waals surface area contributed by atoms with Crippen molar-refractivity contribution in [2.45, 2.75) is 19.9 Å². The third-order valence-corrected chi connectivity index (χ3v) is 3.45. The van der Waals surface area contributed by atoms with Crippen molar-refractivity contribution in [2.75, 3.05) is 5.88 Å².